The van der Waals surface area contributed by atoms with Crippen molar-refractivity contribution < 1.29 is 31.1 Å². The molecule has 1 N–H and O–H groups in total. The topological polar surface area (TPSA) is 97.4 Å². The van der Waals surface area contributed by atoms with Crippen LogP contribution in [0.15, 0.2) is 55.1 Å². The lowest BCUT2D eigenvalue weighted by molar-refractivity contribution is -0.274. The van der Waals surface area contributed by atoms with Crippen molar-refractivity contribution in [3.63, 3.8) is 0 Å². The van der Waals surface area contributed by atoms with Gasteiger partial charge in [0.2, 0.25) is 10.0 Å². The SMILES string of the molecule is O=S(=O)(CC1CCC(c2cncc3cnc4[nH]ccc4c23)CC1)N1CCCC(COc2ccc(OC(F)(F)F)cc2)C1. The number of fused-ring (bicyclic) bond motifs is 3. The van der Waals surface area contributed by atoms with Crippen LogP contribution in [-0.2, 0) is 10.0 Å². The maximum atomic E-state index is 13.4. The first-order chi connectivity index (χ1) is 20.1. The van der Waals surface area contributed by atoms with Crippen molar-refractivity contribution in [1.29, 1.82) is 0 Å². The number of aromatic nitrogens is 3. The van der Waals surface area contributed by atoms with Gasteiger partial charge in [-0.3, -0.25) is 4.98 Å². The predicted molar refractivity (Wildman–Crippen MR) is 153 cm³/mol. The summed E-state index contributed by atoms with van der Waals surface area (Å²) in [5.41, 5.74) is 2.07. The molecule has 4 heterocycles. The first kappa shape index (κ1) is 28.7. The average molecular weight is 603 g/mol. The average Bonchev–Trinajstić information content (AvgIpc) is 3.46. The van der Waals surface area contributed by atoms with Crippen LogP contribution in [0.3, 0.4) is 0 Å². The molecule has 0 bridgehead atoms. The summed E-state index contributed by atoms with van der Waals surface area (Å²) in [6, 6.07) is 7.28. The lowest BCUT2D eigenvalue weighted by atomic mass is 9.78. The summed E-state index contributed by atoms with van der Waals surface area (Å²) in [4.78, 5) is 12.1. The number of nitrogens with one attached hydrogen (secondary N) is 1. The summed E-state index contributed by atoms with van der Waals surface area (Å²) >= 11 is 0. The fourth-order valence-corrected chi connectivity index (χ4v) is 8.41. The summed E-state index contributed by atoms with van der Waals surface area (Å²) in [6.45, 7) is 1.18. The molecule has 1 aromatic carbocycles. The van der Waals surface area contributed by atoms with E-state index < -0.39 is 16.4 Å². The lowest BCUT2D eigenvalue weighted by Crippen LogP contribution is -2.43. The van der Waals surface area contributed by atoms with E-state index in [0.29, 0.717) is 31.4 Å². The zero-order chi connectivity index (χ0) is 29.3. The fraction of sp³-hybridized carbons (Fsp3) is 0.467. The van der Waals surface area contributed by atoms with E-state index in [1.54, 1.807) is 4.31 Å². The van der Waals surface area contributed by atoms with Gasteiger partial charge in [-0.1, -0.05) is 0 Å². The van der Waals surface area contributed by atoms with Crippen molar-refractivity contribution in [2.45, 2.75) is 50.8 Å². The van der Waals surface area contributed by atoms with Crippen LogP contribution in [0, 0.1) is 11.8 Å². The van der Waals surface area contributed by atoms with Crippen molar-refractivity contribution in [1.82, 2.24) is 19.3 Å². The normalized spacial score (nSPS) is 22.4. The van der Waals surface area contributed by atoms with Crippen LogP contribution in [0.4, 0.5) is 13.2 Å². The second-order valence-corrected chi connectivity index (χ2v) is 13.4. The van der Waals surface area contributed by atoms with E-state index >= 15 is 0 Å². The van der Waals surface area contributed by atoms with Gasteiger partial charge in [0.25, 0.3) is 0 Å². The molecule has 1 aliphatic carbocycles. The molecule has 2 fully saturated rings. The Hall–Kier alpha value is -3.38. The van der Waals surface area contributed by atoms with Crippen LogP contribution in [-0.4, -0.2) is 59.5 Å². The minimum absolute atomic E-state index is 0.00832. The second-order valence-electron chi connectivity index (χ2n) is 11.4. The Morgan fingerprint density at radius 1 is 0.952 bits per heavy atom. The van der Waals surface area contributed by atoms with Crippen LogP contribution in [0.2, 0.25) is 0 Å². The molecule has 2 aliphatic rings. The van der Waals surface area contributed by atoms with E-state index in [1.165, 1.54) is 35.2 Å². The lowest BCUT2D eigenvalue weighted by Gasteiger charge is -2.34. The third kappa shape index (κ3) is 6.49. The number of hydrogen-bond donors (Lipinski definition) is 1. The molecule has 6 rings (SSSR count). The molecule has 0 amide bonds. The number of rotatable bonds is 8. The predicted octanol–water partition coefficient (Wildman–Crippen LogP) is 6.40. The number of hydrogen-bond acceptors (Lipinski definition) is 6. The highest BCUT2D eigenvalue weighted by Gasteiger charge is 2.34. The van der Waals surface area contributed by atoms with Crippen molar-refractivity contribution in [3.05, 3.63) is 60.7 Å². The minimum atomic E-state index is -4.75. The molecule has 1 saturated heterocycles. The molecule has 12 heteroatoms. The third-order valence-corrected chi connectivity index (χ3v) is 10.5. The van der Waals surface area contributed by atoms with Crippen LogP contribution in [0.5, 0.6) is 11.5 Å². The summed E-state index contributed by atoms with van der Waals surface area (Å²) < 4.78 is 75.2. The van der Waals surface area contributed by atoms with E-state index in [2.05, 4.69) is 19.7 Å². The number of piperidine rings is 1. The van der Waals surface area contributed by atoms with Crippen molar-refractivity contribution in [3.8, 4) is 11.5 Å². The van der Waals surface area contributed by atoms with Gasteiger partial charge < -0.3 is 14.5 Å². The van der Waals surface area contributed by atoms with Gasteiger partial charge in [0.05, 0.1) is 12.4 Å². The standard InChI is InChI=1S/C30H33F3N4O4S/c31-30(32,33)41-25-9-7-24(8-10-25)40-18-21-2-1-13-37(17-21)42(38,39)19-20-3-5-22(6-4-20)27-16-34-14-23-15-36-29-26(28(23)27)11-12-35-29/h7-12,14-16,20-22H,1-6,13,17-19H2,(H,35,36). The number of nitrogens with zero attached hydrogens (tertiary/aromatic N) is 3. The van der Waals surface area contributed by atoms with Gasteiger partial charge >= 0.3 is 6.36 Å². The summed E-state index contributed by atoms with van der Waals surface area (Å²) in [6.07, 6.45) is 7.89. The number of benzene rings is 1. The molecule has 1 unspecified atom stereocenters. The zero-order valence-electron chi connectivity index (χ0n) is 23.0. The molecule has 4 aromatic rings. The first-order valence-electron chi connectivity index (χ1n) is 14.3. The van der Waals surface area contributed by atoms with E-state index in [9.17, 15) is 21.6 Å². The minimum Gasteiger partial charge on any atom is -0.493 e. The Bertz CT molecular complexity index is 1630. The highest BCUT2D eigenvalue weighted by molar-refractivity contribution is 7.89. The largest absolute Gasteiger partial charge is 0.573 e. The third-order valence-electron chi connectivity index (χ3n) is 8.48. The van der Waals surface area contributed by atoms with Crippen molar-refractivity contribution >= 4 is 31.8 Å². The number of halogens is 3. The Kier molecular flexibility index (Phi) is 8.01. The summed E-state index contributed by atoms with van der Waals surface area (Å²) in [5, 5.41) is 3.28. The van der Waals surface area contributed by atoms with Crippen LogP contribution in [0.1, 0.15) is 50.0 Å². The second kappa shape index (κ2) is 11.7. The van der Waals surface area contributed by atoms with E-state index in [4.69, 9.17) is 4.74 Å². The maximum absolute atomic E-state index is 13.4. The van der Waals surface area contributed by atoms with Gasteiger partial charge in [-0.2, -0.15) is 0 Å². The molecule has 8 nitrogen and oxygen atoms in total. The van der Waals surface area contributed by atoms with Gasteiger partial charge in [0, 0.05) is 60.0 Å². The smallest absolute Gasteiger partial charge is 0.493 e. The molecule has 1 saturated carbocycles. The highest BCUT2D eigenvalue weighted by Crippen LogP contribution is 2.40. The molecule has 224 valence electrons. The molecule has 0 radical (unpaired) electrons. The molecular weight excluding hydrogens is 569 g/mol. The number of pyridine rings is 2. The molecule has 1 atom stereocenters. The van der Waals surface area contributed by atoms with Gasteiger partial charge in [0.15, 0.2) is 0 Å². The van der Waals surface area contributed by atoms with E-state index in [1.807, 2.05) is 30.9 Å². The number of sulfonamides is 1. The van der Waals surface area contributed by atoms with Crippen LogP contribution in [0.25, 0.3) is 21.8 Å². The van der Waals surface area contributed by atoms with Crippen molar-refractivity contribution in [2.75, 3.05) is 25.4 Å². The Morgan fingerprint density at radius 2 is 1.71 bits per heavy atom. The Balaban J connectivity index is 1.03. The Morgan fingerprint density at radius 3 is 2.48 bits per heavy atom. The molecule has 42 heavy (non-hydrogen) atoms. The maximum Gasteiger partial charge on any atom is 0.573 e. The monoisotopic (exact) mass is 602 g/mol. The van der Waals surface area contributed by atoms with Crippen LogP contribution >= 0.6 is 0 Å². The van der Waals surface area contributed by atoms with Crippen LogP contribution < -0.4 is 9.47 Å². The number of alkyl halides is 3. The molecule has 3 aromatic heterocycles. The van der Waals surface area contributed by atoms with Gasteiger partial charge in [-0.25, -0.2) is 17.7 Å². The highest BCUT2D eigenvalue weighted by atomic mass is 32.2. The zero-order valence-corrected chi connectivity index (χ0v) is 23.8. The van der Waals surface area contributed by atoms with E-state index in [0.717, 1.165) is 54.9 Å². The fourth-order valence-electron chi connectivity index (χ4n) is 6.43. The molecule has 0 spiro atoms. The molecular formula is C30H33F3N4O4S. The quantitative estimate of drug-likeness (QED) is 0.251. The number of ether oxygens (including phenoxy) is 2. The van der Waals surface area contributed by atoms with Gasteiger partial charge in [-0.15, -0.1) is 13.2 Å². The van der Waals surface area contributed by atoms with Crippen molar-refractivity contribution in [2.24, 2.45) is 11.8 Å². The van der Waals surface area contributed by atoms with Gasteiger partial charge in [0.1, 0.15) is 17.1 Å². The molecule has 1 aliphatic heterocycles. The first-order valence-corrected chi connectivity index (χ1v) is 15.9. The Labute approximate surface area is 242 Å². The summed E-state index contributed by atoms with van der Waals surface area (Å²) in [5.74, 6) is 0.685. The number of aromatic amines is 1. The number of H-pyrrole nitrogens is 1. The summed E-state index contributed by atoms with van der Waals surface area (Å²) in [7, 11) is -3.43. The van der Waals surface area contributed by atoms with Gasteiger partial charge in [-0.05, 0) is 86.3 Å². The van der Waals surface area contributed by atoms with E-state index in [-0.39, 0.29) is 23.3 Å².